The van der Waals surface area contributed by atoms with Gasteiger partial charge in [-0.15, -0.1) is 0 Å². The number of nitrogens with two attached hydrogens (primary N) is 1. The lowest BCUT2D eigenvalue weighted by atomic mass is 10.0. The summed E-state index contributed by atoms with van der Waals surface area (Å²) in [6, 6.07) is -0.300. The van der Waals surface area contributed by atoms with E-state index in [9.17, 15) is 17.6 Å². The third-order valence-corrected chi connectivity index (χ3v) is 2.26. The molecule has 17 heavy (non-hydrogen) atoms. The van der Waals surface area contributed by atoms with Crippen molar-refractivity contribution in [1.29, 1.82) is 0 Å². The highest BCUT2D eigenvalue weighted by molar-refractivity contribution is 4.69. The van der Waals surface area contributed by atoms with Gasteiger partial charge in [0.2, 0.25) is 0 Å². The molecule has 3 nitrogen and oxygen atoms in total. The zero-order valence-corrected chi connectivity index (χ0v) is 10.1. The molecular formula is C10H20F4N2O. The van der Waals surface area contributed by atoms with Crippen molar-refractivity contribution in [3.63, 3.8) is 0 Å². The van der Waals surface area contributed by atoms with Gasteiger partial charge in [0.15, 0.2) is 0 Å². The first-order valence-corrected chi connectivity index (χ1v) is 5.49. The predicted molar refractivity (Wildman–Crippen MR) is 57.0 cm³/mol. The topological polar surface area (TPSA) is 47.3 Å². The van der Waals surface area contributed by atoms with Gasteiger partial charge < -0.3 is 4.74 Å². The Bertz CT molecular complexity index is 203. The predicted octanol–water partition coefficient (Wildman–Crippen LogP) is 2.17. The molecule has 0 radical (unpaired) electrons. The second kappa shape index (κ2) is 7.84. The van der Waals surface area contributed by atoms with Gasteiger partial charge in [-0.05, 0) is 18.8 Å². The largest absolute Gasteiger partial charge is 0.373 e. The molecule has 1 atom stereocenters. The molecule has 0 aromatic heterocycles. The molecule has 0 bridgehead atoms. The summed E-state index contributed by atoms with van der Waals surface area (Å²) in [5.41, 5.74) is 2.42. The van der Waals surface area contributed by atoms with Crippen LogP contribution in [0.3, 0.4) is 0 Å². The Morgan fingerprint density at radius 3 is 2.24 bits per heavy atom. The quantitative estimate of drug-likeness (QED) is 0.379. The zero-order chi connectivity index (χ0) is 13.5. The van der Waals surface area contributed by atoms with E-state index in [4.69, 9.17) is 5.84 Å². The van der Waals surface area contributed by atoms with Crippen LogP contribution in [0.25, 0.3) is 0 Å². The number of nitrogens with one attached hydrogen (secondary N) is 1. The fourth-order valence-corrected chi connectivity index (χ4v) is 1.15. The Morgan fingerprint density at radius 2 is 1.82 bits per heavy atom. The highest BCUT2D eigenvalue weighted by Crippen LogP contribution is 2.22. The van der Waals surface area contributed by atoms with E-state index in [0.717, 1.165) is 6.42 Å². The lowest BCUT2D eigenvalue weighted by Gasteiger charge is -2.20. The van der Waals surface area contributed by atoms with E-state index in [2.05, 4.69) is 10.2 Å². The normalized spacial score (nSPS) is 14.6. The van der Waals surface area contributed by atoms with E-state index >= 15 is 0 Å². The van der Waals surface area contributed by atoms with Gasteiger partial charge in [0.25, 0.3) is 0 Å². The maximum Gasteiger partial charge on any atom is 0.330 e. The minimum atomic E-state index is -4.10. The number of rotatable bonds is 9. The molecule has 0 saturated heterocycles. The Balaban J connectivity index is 3.84. The van der Waals surface area contributed by atoms with Gasteiger partial charge in [0, 0.05) is 6.04 Å². The van der Waals surface area contributed by atoms with Crippen molar-refractivity contribution in [2.45, 2.75) is 45.1 Å². The molecule has 0 heterocycles. The lowest BCUT2D eigenvalue weighted by molar-refractivity contribution is -0.167. The second-order valence-corrected chi connectivity index (χ2v) is 4.41. The highest BCUT2D eigenvalue weighted by Gasteiger charge is 2.41. The molecule has 0 aliphatic rings. The van der Waals surface area contributed by atoms with E-state index < -0.39 is 19.0 Å². The van der Waals surface area contributed by atoms with E-state index in [-0.39, 0.29) is 12.6 Å². The van der Waals surface area contributed by atoms with E-state index in [0.29, 0.717) is 12.3 Å². The Morgan fingerprint density at radius 1 is 1.24 bits per heavy atom. The van der Waals surface area contributed by atoms with Gasteiger partial charge in [-0.1, -0.05) is 13.8 Å². The SMILES string of the molecule is CC(C)CCC(COCC(F)(F)C(F)F)NN. The Labute approximate surface area is 98.7 Å². The molecule has 0 saturated carbocycles. The fourth-order valence-electron chi connectivity index (χ4n) is 1.15. The Hall–Kier alpha value is -0.400. The minimum absolute atomic E-state index is 0.106. The number of hydrazine groups is 1. The first kappa shape index (κ1) is 16.6. The van der Waals surface area contributed by atoms with Crippen molar-refractivity contribution >= 4 is 0 Å². The molecule has 0 spiro atoms. The van der Waals surface area contributed by atoms with Gasteiger partial charge >= 0.3 is 12.3 Å². The molecule has 0 aromatic carbocycles. The average Bonchev–Trinajstić information content (AvgIpc) is 2.22. The van der Waals surface area contributed by atoms with Crippen molar-refractivity contribution in [3.05, 3.63) is 0 Å². The molecule has 0 fully saturated rings. The molecule has 0 amide bonds. The van der Waals surface area contributed by atoms with Crippen molar-refractivity contribution in [1.82, 2.24) is 5.43 Å². The number of ether oxygens (including phenoxy) is 1. The van der Waals surface area contributed by atoms with Crippen LogP contribution in [0.4, 0.5) is 17.6 Å². The number of alkyl halides is 4. The van der Waals surface area contributed by atoms with Gasteiger partial charge in [-0.2, -0.15) is 8.78 Å². The molecular weight excluding hydrogens is 240 g/mol. The molecule has 3 N–H and O–H groups in total. The summed E-state index contributed by atoms with van der Waals surface area (Å²) in [5, 5.41) is 0. The molecule has 0 aliphatic heterocycles. The van der Waals surface area contributed by atoms with E-state index in [1.54, 1.807) is 0 Å². The van der Waals surface area contributed by atoms with Crippen LogP contribution < -0.4 is 11.3 Å². The average molecular weight is 260 g/mol. The van der Waals surface area contributed by atoms with Crippen LogP contribution in [0.1, 0.15) is 26.7 Å². The van der Waals surface area contributed by atoms with Crippen LogP contribution in [0.2, 0.25) is 0 Å². The Kier molecular flexibility index (Phi) is 7.65. The van der Waals surface area contributed by atoms with Gasteiger partial charge in [-0.25, -0.2) is 8.78 Å². The summed E-state index contributed by atoms with van der Waals surface area (Å²) < 4.78 is 53.2. The molecule has 7 heteroatoms. The number of hydrogen-bond donors (Lipinski definition) is 2. The van der Waals surface area contributed by atoms with Crippen LogP contribution in [0.15, 0.2) is 0 Å². The van der Waals surface area contributed by atoms with Gasteiger partial charge in [0.1, 0.15) is 6.61 Å². The number of halogens is 4. The van der Waals surface area contributed by atoms with Crippen LogP contribution in [0, 0.1) is 5.92 Å². The standard InChI is InChI=1S/C10H20F4N2O/c1-7(2)3-4-8(16-15)5-17-6-10(13,14)9(11)12/h7-9,16H,3-6,15H2,1-2H3. The molecule has 0 aliphatic carbocycles. The van der Waals surface area contributed by atoms with Crippen LogP contribution in [-0.2, 0) is 4.74 Å². The molecule has 104 valence electrons. The van der Waals surface area contributed by atoms with Crippen molar-refractivity contribution in [2.75, 3.05) is 13.2 Å². The summed E-state index contributed by atoms with van der Waals surface area (Å²) in [4.78, 5) is 0. The third kappa shape index (κ3) is 7.51. The van der Waals surface area contributed by atoms with Crippen LogP contribution in [-0.4, -0.2) is 31.6 Å². The summed E-state index contributed by atoms with van der Waals surface area (Å²) in [6.07, 6.45) is -2.21. The van der Waals surface area contributed by atoms with Crippen LogP contribution in [0.5, 0.6) is 0 Å². The first-order valence-electron chi connectivity index (χ1n) is 5.49. The zero-order valence-electron chi connectivity index (χ0n) is 10.1. The van der Waals surface area contributed by atoms with Crippen molar-refractivity contribution < 1.29 is 22.3 Å². The summed E-state index contributed by atoms with van der Waals surface area (Å²) in [5.74, 6) is 1.56. The summed E-state index contributed by atoms with van der Waals surface area (Å²) in [6.45, 7) is 2.63. The molecule has 1 unspecified atom stereocenters. The maximum atomic E-state index is 12.5. The van der Waals surface area contributed by atoms with Gasteiger partial charge in [-0.3, -0.25) is 11.3 Å². The smallest absolute Gasteiger partial charge is 0.330 e. The fraction of sp³-hybridized carbons (Fsp3) is 1.00. The second-order valence-electron chi connectivity index (χ2n) is 4.41. The molecule has 0 rings (SSSR count). The van der Waals surface area contributed by atoms with E-state index in [1.165, 1.54) is 0 Å². The number of hydrogen-bond acceptors (Lipinski definition) is 3. The lowest BCUT2D eigenvalue weighted by Crippen LogP contribution is -2.41. The monoisotopic (exact) mass is 260 g/mol. The van der Waals surface area contributed by atoms with E-state index in [1.807, 2.05) is 13.8 Å². The van der Waals surface area contributed by atoms with Crippen molar-refractivity contribution in [2.24, 2.45) is 11.8 Å². The first-order chi connectivity index (χ1) is 7.79. The highest BCUT2D eigenvalue weighted by atomic mass is 19.3. The summed E-state index contributed by atoms with van der Waals surface area (Å²) >= 11 is 0. The van der Waals surface area contributed by atoms with Crippen molar-refractivity contribution in [3.8, 4) is 0 Å². The van der Waals surface area contributed by atoms with Gasteiger partial charge in [0.05, 0.1) is 6.61 Å². The molecule has 0 aromatic rings. The maximum absolute atomic E-state index is 12.5. The summed E-state index contributed by atoms with van der Waals surface area (Å²) in [7, 11) is 0. The third-order valence-electron chi connectivity index (χ3n) is 2.26. The van der Waals surface area contributed by atoms with Crippen LogP contribution >= 0.6 is 0 Å². The minimum Gasteiger partial charge on any atom is -0.373 e.